The topological polar surface area (TPSA) is 9.23 Å². The van der Waals surface area contributed by atoms with E-state index in [2.05, 4.69) is 42.8 Å². The summed E-state index contributed by atoms with van der Waals surface area (Å²) in [6, 6.07) is 6.11. The number of ether oxygens (including phenoxy) is 1. The predicted molar refractivity (Wildman–Crippen MR) is 71.3 cm³/mol. The third kappa shape index (κ3) is 2.10. The molecule has 2 atom stereocenters. The van der Waals surface area contributed by atoms with E-state index in [1.54, 1.807) is 0 Å². The largest absolute Gasteiger partial charge is 0.489 e. The van der Waals surface area contributed by atoms with Crippen molar-refractivity contribution in [1.29, 1.82) is 0 Å². The highest BCUT2D eigenvalue weighted by molar-refractivity contribution is 9.10. The first-order valence-electron chi connectivity index (χ1n) is 5.48. The van der Waals surface area contributed by atoms with Crippen LogP contribution < -0.4 is 4.74 Å². The van der Waals surface area contributed by atoms with E-state index < -0.39 is 0 Å². The van der Waals surface area contributed by atoms with Crippen LogP contribution >= 0.6 is 27.5 Å². The summed E-state index contributed by atoms with van der Waals surface area (Å²) in [7, 11) is 0. The van der Waals surface area contributed by atoms with Crippen molar-refractivity contribution in [2.45, 2.75) is 38.7 Å². The maximum Gasteiger partial charge on any atom is 0.123 e. The number of benzene rings is 1. The zero-order valence-electron chi connectivity index (χ0n) is 9.76. The van der Waals surface area contributed by atoms with E-state index >= 15 is 0 Å². The van der Waals surface area contributed by atoms with Gasteiger partial charge in [-0.1, -0.05) is 35.8 Å². The zero-order valence-corrected chi connectivity index (χ0v) is 12.1. The molecule has 1 aliphatic carbocycles. The molecular weight excluding hydrogens is 287 g/mol. The highest BCUT2D eigenvalue weighted by atomic mass is 79.9. The van der Waals surface area contributed by atoms with Gasteiger partial charge in [0.2, 0.25) is 0 Å². The Hall–Kier alpha value is -0.210. The van der Waals surface area contributed by atoms with Crippen molar-refractivity contribution in [3.8, 4) is 5.75 Å². The summed E-state index contributed by atoms with van der Waals surface area (Å²) >= 11 is 9.64. The summed E-state index contributed by atoms with van der Waals surface area (Å²) in [5.41, 5.74) is 1.23. The van der Waals surface area contributed by atoms with Gasteiger partial charge in [-0.15, -0.1) is 11.6 Å². The quantitative estimate of drug-likeness (QED) is 0.729. The van der Waals surface area contributed by atoms with Crippen molar-refractivity contribution >= 4 is 27.5 Å². The van der Waals surface area contributed by atoms with Gasteiger partial charge in [-0.3, -0.25) is 0 Å². The molecule has 0 heterocycles. The summed E-state index contributed by atoms with van der Waals surface area (Å²) in [6.45, 7) is 6.38. The Morgan fingerprint density at radius 1 is 1.44 bits per heavy atom. The normalized spacial score (nSPS) is 27.3. The molecule has 88 valence electrons. The summed E-state index contributed by atoms with van der Waals surface area (Å²) in [6.07, 6.45) is 1.16. The standard InChI is InChI=1S/C13H16BrClO/c1-8-4-5-9(14)6-10(8)16-12-7-11(15)13(12,2)3/h4-6,11-12H,7H2,1-3H3. The molecule has 0 spiro atoms. The van der Waals surface area contributed by atoms with E-state index in [1.807, 2.05) is 12.1 Å². The fourth-order valence-corrected chi connectivity index (χ4v) is 2.53. The van der Waals surface area contributed by atoms with Crippen LogP contribution in [0, 0.1) is 12.3 Å². The van der Waals surface area contributed by atoms with Gasteiger partial charge < -0.3 is 4.74 Å². The number of hydrogen-bond donors (Lipinski definition) is 0. The number of halogens is 2. The van der Waals surface area contributed by atoms with Crippen molar-refractivity contribution in [2.75, 3.05) is 0 Å². The lowest BCUT2D eigenvalue weighted by molar-refractivity contribution is -0.0134. The van der Waals surface area contributed by atoms with Crippen molar-refractivity contribution in [1.82, 2.24) is 0 Å². The monoisotopic (exact) mass is 302 g/mol. The second-order valence-corrected chi connectivity index (χ2v) is 6.48. The number of alkyl halides is 1. The molecule has 0 radical (unpaired) electrons. The smallest absolute Gasteiger partial charge is 0.123 e. The molecule has 1 fully saturated rings. The molecular formula is C13H16BrClO. The molecule has 1 aromatic rings. The molecule has 1 saturated carbocycles. The lowest BCUT2D eigenvalue weighted by Crippen LogP contribution is -2.53. The van der Waals surface area contributed by atoms with Crippen LogP contribution in [0.5, 0.6) is 5.75 Å². The Bertz CT molecular complexity index is 403. The average Bonchev–Trinajstić information content (AvgIpc) is 2.23. The third-order valence-electron chi connectivity index (χ3n) is 3.48. The third-order valence-corrected chi connectivity index (χ3v) is 4.71. The molecule has 0 amide bonds. The molecule has 16 heavy (non-hydrogen) atoms. The Labute approximate surface area is 110 Å². The molecule has 1 aromatic carbocycles. The molecule has 1 nitrogen and oxygen atoms in total. The van der Waals surface area contributed by atoms with Gasteiger partial charge in [0.25, 0.3) is 0 Å². The van der Waals surface area contributed by atoms with Crippen molar-refractivity contribution in [3.63, 3.8) is 0 Å². The van der Waals surface area contributed by atoms with E-state index in [1.165, 1.54) is 0 Å². The van der Waals surface area contributed by atoms with Gasteiger partial charge in [0.1, 0.15) is 11.9 Å². The lowest BCUT2D eigenvalue weighted by atomic mass is 9.68. The van der Waals surface area contributed by atoms with Crippen LogP contribution in [0.2, 0.25) is 0 Å². The molecule has 0 N–H and O–H groups in total. The van der Waals surface area contributed by atoms with E-state index in [-0.39, 0.29) is 16.9 Å². The lowest BCUT2D eigenvalue weighted by Gasteiger charge is -2.48. The molecule has 0 bridgehead atoms. The van der Waals surface area contributed by atoms with E-state index in [9.17, 15) is 0 Å². The minimum absolute atomic E-state index is 0.0658. The molecule has 2 unspecified atom stereocenters. The first kappa shape index (κ1) is 12.3. The van der Waals surface area contributed by atoms with Crippen LogP contribution in [0.1, 0.15) is 25.8 Å². The maximum absolute atomic E-state index is 6.18. The van der Waals surface area contributed by atoms with Crippen LogP contribution in [0.3, 0.4) is 0 Å². The zero-order chi connectivity index (χ0) is 11.9. The summed E-state index contributed by atoms with van der Waals surface area (Å²) in [5, 5.41) is 0.227. The van der Waals surface area contributed by atoms with Crippen LogP contribution in [-0.2, 0) is 0 Å². The van der Waals surface area contributed by atoms with E-state index in [0.29, 0.717) is 0 Å². The van der Waals surface area contributed by atoms with Gasteiger partial charge in [0.05, 0.1) is 0 Å². The minimum atomic E-state index is 0.0658. The SMILES string of the molecule is Cc1ccc(Br)cc1OC1CC(Cl)C1(C)C. The van der Waals surface area contributed by atoms with Crippen LogP contribution in [-0.4, -0.2) is 11.5 Å². The van der Waals surface area contributed by atoms with Gasteiger partial charge >= 0.3 is 0 Å². The summed E-state index contributed by atoms with van der Waals surface area (Å²) in [4.78, 5) is 0. The molecule has 2 rings (SSSR count). The first-order chi connectivity index (χ1) is 7.41. The number of hydrogen-bond acceptors (Lipinski definition) is 1. The van der Waals surface area contributed by atoms with Crippen molar-refractivity contribution < 1.29 is 4.74 Å². The maximum atomic E-state index is 6.18. The van der Waals surface area contributed by atoms with Crippen LogP contribution in [0.25, 0.3) is 0 Å². The summed E-state index contributed by atoms with van der Waals surface area (Å²) < 4.78 is 7.08. The van der Waals surface area contributed by atoms with Gasteiger partial charge in [-0.2, -0.15) is 0 Å². The molecule has 0 aromatic heterocycles. The molecule has 0 aliphatic heterocycles. The Balaban J connectivity index is 2.13. The highest BCUT2D eigenvalue weighted by Crippen LogP contribution is 2.46. The minimum Gasteiger partial charge on any atom is -0.489 e. The van der Waals surface area contributed by atoms with Crippen LogP contribution in [0.4, 0.5) is 0 Å². The van der Waals surface area contributed by atoms with Crippen LogP contribution in [0.15, 0.2) is 22.7 Å². The van der Waals surface area contributed by atoms with E-state index in [4.69, 9.17) is 16.3 Å². The number of aryl methyl sites for hydroxylation is 1. The van der Waals surface area contributed by atoms with Gasteiger partial charge in [0, 0.05) is 21.7 Å². The first-order valence-corrected chi connectivity index (χ1v) is 6.71. The number of rotatable bonds is 2. The van der Waals surface area contributed by atoms with Gasteiger partial charge in [-0.05, 0) is 24.6 Å². The van der Waals surface area contributed by atoms with Crippen molar-refractivity contribution in [3.05, 3.63) is 28.2 Å². The molecule has 1 aliphatic rings. The predicted octanol–water partition coefficient (Wildman–Crippen LogP) is 4.54. The van der Waals surface area contributed by atoms with E-state index in [0.717, 1.165) is 22.2 Å². The van der Waals surface area contributed by atoms with Gasteiger partial charge in [-0.25, -0.2) is 0 Å². The summed E-state index contributed by atoms with van der Waals surface area (Å²) in [5.74, 6) is 0.955. The Morgan fingerprint density at radius 3 is 2.69 bits per heavy atom. The Morgan fingerprint density at radius 2 is 2.12 bits per heavy atom. The fraction of sp³-hybridized carbons (Fsp3) is 0.538. The Kier molecular flexibility index (Phi) is 3.24. The molecule has 0 saturated heterocycles. The van der Waals surface area contributed by atoms with Gasteiger partial charge in [0.15, 0.2) is 0 Å². The highest BCUT2D eigenvalue weighted by Gasteiger charge is 2.49. The average molecular weight is 304 g/mol. The fourth-order valence-electron chi connectivity index (χ4n) is 1.89. The second kappa shape index (κ2) is 4.23. The van der Waals surface area contributed by atoms with Crippen molar-refractivity contribution in [2.24, 2.45) is 5.41 Å². The molecule has 3 heteroatoms. The second-order valence-electron chi connectivity index (χ2n) is 5.04.